The number of anilines is 5. The number of carbonyl (C=O) groups is 3. The van der Waals surface area contributed by atoms with Crippen molar-refractivity contribution in [1.82, 2.24) is 25.2 Å². The second-order valence-electron chi connectivity index (χ2n) is 14.1. The number of hydrogen-bond acceptors (Lipinski definition) is 11. The highest BCUT2D eigenvalue weighted by Crippen LogP contribution is 2.32. The molecule has 0 radical (unpaired) electrons. The van der Waals surface area contributed by atoms with Crippen LogP contribution in [-0.2, 0) is 9.59 Å². The maximum absolute atomic E-state index is 12.1. The van der Waals surface area contributed by atoms with Crippen LogP contribution in [0.25, 0.3) is 0 Å². The summed E-state index contributed by atoms with van der Waals surface area (Å²) in [6, 6.07) is 12.1. The molecule has 0 aliphatic carbocycles. The highest BCUT2D eigenvalue weighted by molar-refractivity contribution is 6.01. The molecule has 2 aromatic heterocycles. The van der Waals surface area contributed by atoms with Gasteiger partial charge in [0.05, 0.1) is 18.1 Å². The number of hydrogen-bond donors (Lipinski definition) is 4. The lowest BCUT2D eigenvalue weighted by Crippen LogP contribution is -2.47. The van der Waals surface area contributed by atoms with Crippen molar-refractivity contribution in [3.05, 3.63) is 60.0 Å². The maximum Gasteiger partial charge on any atom is 0.271 e. The molecule has 0 spiro atoms. The average Bonchev–Trinajstić information content (AvgIpc) is 3.14. The molecule has 4 saturated heterocycles. The first-order valence-corrected chi connectivity index (χ1v) is 18.2. The Morgan fingerprint density at radius 3 is 2.28 bits per heavy atom. The molecule has 0 saturated carbocycles. The van der Waals surface area contributed by atoms with Gasteiger partial charge in [-0.3, -0.25) is 19.7 Å². The minimum atomic E-state index is -0.593. The van der Waals surface area contributed by atoms with E-state index in [0.29, 0.717) is 36.3 Å². The van der Waals surface area contributed by atoms with Gasteiger partial charge in [-0.15, -0.1) is 0 Å². The number of rotatable bonds is 10. The summed E-state index contributed by atoms with van der Waals surface area (Å²) in [7, 11) is 0. The van der Waals surface area contributed by atoms with Gasteiger partial charge in [-0.25, -0.2) is 15.0 Å². The van der Waals surface area contributed by atoms with Gasteiger partial charge in [-0.2, -0.15) is 0 Å². The number of nitrogens with zero attached hydrogens (tertiary/aromatic N) is 6. The van der Waals surface area contributed by atoms with E-state index in [1.54, 1.807) is 6.20 Å². The van der Waals surface area contributed by atoms with Crippen molar-refractivity contribution in [2.75, 3.05) is 66.2 Å². The Labute approximate surface area is 293 Å². The van der Waals surface area contributed by atoms with Crippen molar-refractivity contribution in [3.63, 3.8) is 0 Å². The van der Waals surface area contributed by atoms with Crippen molar-refractivity contribution in [3.8, 4) is 0 Å². The van der Waals surface area contributed by atoms with Crippen LogP contribution in [0.2, 0.25) is 0 Å². The molecular formula is C37H48N10O3. The van der Waals surface area contributed by atoms with Crippen LogP contribution in [0.4, 0.5) is 28.8 Å². The molecule has 4 aliphatic heterocycles. The number of piperidine rings is 4. The molecule has 6 heterocycles. The van der Waals surface area contributed by atoms with Crippen LogP contribution < -0.4 is 31.5 Å². The first-order chi connectivity index (χ1) is 24.4. The summed E-state index contributed by atoms with van der Waals surface area (Å²) < 4.78 is 0. The normalized spacial score (nSPS) is 21.2. The Balaban J connectivity index is 0.855. The number of likely N-dealkylation sites (tertiary alicyclic amines) is 1. The number of primary amides is 1. The van der Waals surface area contributed by atoms with Crippen LogP contribution in [-0.4, -0.2) is 89.4 Å². The fourth-order valence-corrected chi connectivity index (χ4v) is 7.75. The highest BCUT2D eigenvalue weighted by Gasteiger charge is 2.28. The lowest BCUT2D eigenvalue weighted by molar-refractivity contribution is -0.133. The Kier molecular flexibility index (Phi) is 10.4. The van der Waals surface area contributed by atoms with Gasteiger partial charge >= 0.3 is 0 Å². The monoisotopic (exact) mass is 680 g/mol. The Hall–Kier alpha value is -4.78. The minimum Gasteiger partial charge on any atom is -0.370 e. The average molecular weight is 681 g/mol. The molecule has 1 aromatic carbocycles. The van der Waals surface area contributed by atoms with E-state index in [2.05, 4.69) is 70.9 Å². The standard InChI is InChI=1S/C37H48N10O3/c38-35(49)34-36(43-32(23-40-34)47-16-2-1-3-17-47)41-28-6-4-26(5-7-28)27-14-18-45(19-15-27)24-25-12-20-46(21-13-25)29-8-10-31(39-22-29)42-30-9-11-33(48)44-37(30)50/h4-8,10,22-23,25,27,30H,1-3,9,11-21,24H2,(H2,38,49)(H,39,42)(H,41,43)(H,44,48,50). The van der Waals surface area contributed by atoms with Gasteiger partial charge in [0.2, 0.25) is 11.8 Å². The zero-order valence-electron chi connectivity index (χ0n) is 28.6. The smallest absolute Gasteiger partial charge is 0.271 e. The molecule has 7 rings (SSSR count). The largest absolute Gasteiger partial charge is 0.370 e. The molecule has 5 N–H and O–H groups in total. The molecule has 3 aromatic rings. The molecule has 264 valence electrons. The van der Waals surface area contributed by atoms with Crippen LogP contribution in [0.1, 0.15) is 79.8 Å². The van der Waals surface area contributed by atoms with E-state index in [1.165, 1.54) is 12.0 Å². The first-order valence-electron chi connectivity index (χ1n) is 18.2. The fraction of sp³-hybridized carbons (Fsp3) is 0.514. The second-order valence-corrected chi connectivity index (χ2v) is 14.1. The molecule has 13 heteroatoms. The Morgan fingerprint density at radius 2 is 1.60 bits per heavy atom. The van der Waals surface area contributed by atoms with Crippen LogP contribution in [0.3, 0.4) is 0 Å². The Morgan fingerprint density at radius 1 is 0.840 bits per heavy atom. The summed E-state index contributed by atoms with van der Waals surface area (Å²) in [6.45, 7) is 7.28. The van der Waals surface area contributed by atoms with Crippen LogP contribution >= 0.6 is 0 Å². The van der Waals surface area contributed by atoms with Crippen molar-refractivity contribution in [2.45, 2.75) is 69.7 Å². The number of benzene rings is 1. The zero-order chi connectivity index (χ0) is 34.5. The highest BCUT2D eigenvalue weighted by atomic mass is 16.2. The first kappa shape index (κ1) is 33.7. The summed E-state index contributed by atoms with van der Waals surface area (Å²) >= 11 is 0. The molecule has 4 fully saturated rings. The summed E-state index contributed by atoms with van der Waals surface area (Å²) in [4.78, 5) is 56.5. The fourth-order valence-electron chi connectivity index (χ4n) is 7.75. The summed E-state index contributed by atoms with van der Waals surface area (Å²) in [6.07, 6.45) is 12.5. The summed E-state index contributed by atoms with van der Waals surface area (Å²) in [5, 5.41) is 8.84. The Bertz CT molecular complexity index is 1640. The molecule has 4 aliphatic rings. The van der Waals surface area contributed by atoms with Crippen molar-refractivity contribution >= 4 is 46.5 Å². The van der Waals surface area contributed by atoms with Gasteiger partial charge in [0.25, 0.3) is 5.91 Å². The number of aromatic nitrogens is 3. The van der Waals surface area contributed by atoms with E-state index in [0.717, 1.165) is 102 Å². The number of imide groups is 1. The van der Waals surface area contributed by atoms with E-state index in [4.69, 9.17) is 10.7 Å². The lowest BCUT2D eigenvalue weighted by atomic mass is 9.88. The number of nitrogens with one attached hydrogen (secondary N) is 3. The van der Waals surface area contributed by atoms with Gasteiger partial charge in [0.1, 0.15) is 17.7 Å². The molecule has 0 bridgehead atoms. The SMILES string of the molecule is NC(=O)c1ncc(N2CCCCC2)nc1Nc1ccc(C2CCN(CC3CCN(c4ccc(NC5CCC(=O)NC5=O)nc4)CC3)CC2)cc1. The second kappa shape index (κ2) is 15.4. The molecule has 1 atom stereocenters. The van der Waals surface area contributed by atoms with Crippen LogP contribution in [0.15, 0.2) is 48.8 Å². The topological polar surface area (TPSA) is 162 Å². The number of amides is 3. The maximum atomic E-state index is 12.1. The van der Waals surface area contributed by atoms with Crippen molar-refractivity contribution in [2.24, 2.45) is 11.7 Å². The molecular weight excluding hydrogens is 632 g/mol. The number of carbonyl (C=O) groups excluding carboxylic acids is 3. The van der Waals surface area contributed by atoms with Gasteiger partial charge in [-0.05, 0) is 106 Å². The van der Waals surface area contributed by atoms with Crippen LogP contribution in [0.5, 0.6) is 0 Å². The van der Waals surface area contributed by atoms with Crippen molar-refractivity contribution < 1.29 is 14.4 Å². The van der Waals surface area contributed by atoms with E-state index >= 15 is 0 Å². The van der Waals surface area contributed by atoms with E-state index in [9.17, 15) is 14.4 Å². The van der Waals surface area contributed by atoms with Gasteiger partial charge in [0, 0.05) is 44.8 Å². The number of pyridine rings is 1. The minimum absolute atomic E-state index is 0.153. The summed E-state index contributed by atoms with van der Waals surface area (Å²) in [5.41, 5.74) is 9.10. The van der Waals surface area contributed by atoms with Gasteiger partial charge < -0.3 is 31.1 Å². The predicted molar refractivity (Wildman–Crippen MR) is 194 cm³/mol. The quantitative estimate of drug-likeness (QED) is 0.229. The molecule has 3 amide bonds. The molecule has 50 heavy (non-hydrogen) atoms. The third-order valence-corrected chi connectivity index (χ3v) is 10.7. The summed E-state index contributed by atoms with van der Waals surface area (Å²) in [5.74, 6) is 1.95. The molecule has 13 nitrogen and oxygen atoms in total. The third-order valence-electron chi connectivity index (χ3n) is 10.7. The lowest BCUT2D eigenvalue weighted by Gasteiger charge is -2.38. The zero-order valence-corrected chi connectivity index (χ0v) is 28.6. The van der Waals surface area contributed by atoms with Crippen molar-refractivity contribution in [1.29, 1.82) is 0 Å². The van der Waals surface area contributed by atoms with E-state index < -0.39 is 11.9 Å². The van der Waals surface area contributed by atoms with Gasteiger partial charge in [-0.1, -0.05) is 12.1 Å². The van der Waals surface area contributed by atoms with E-state index in [1.807, 2.05) is 12.3 Å². The number of nitrogens with two attached hydrogens (primary N) is 1. The van der Waals surface area contributed by atoms with Crippen LogP contribution in [0, 0.1) is 5.92 Å². The predicted octanol–water partition coefficient (Wildman–Crippen LogP) is 4.02. The van der Waals surface area contributed by atoms with Gasteiger partial charge in [0.15, 0.2) is 11.5 Å². The van der Waals surface area contributed by atoms with E-state index in [-0.39, 0.29) is 17.5 Å². The third kappa shape index (κ3) is 8.15. The molecule has 1 unspecified atom stereocenters.